The van der Waals surface area contributed by atoms with Gasteiger partial charge in [-0.25, -0.2) is 8.42 Å². The molecule has 6 heteroatoms. The Morgan fingerprint density at radius 3 is 2.62 bits per heavy atom. The van der Waals surface area contributed by atoms with E-state index < -0.39 is 10.0 Å². The van der Waals surface area contributed by atoms with Gasteiger partial charge in [-0.3, -0.25) is 4.79 Å². The van der Waals surface area contributed by atoms with E-state index in [0.717, 1.165) is 0 Å². The molecule has 124 valence electrons. The molecule has 0 fully saturated rings. The lowest BCUT2D eigenvalue weighted by Gasteiger charge is -2.05. The maximum absolute atomic E-state index is 12.2. The van der Waals surface area contributed by atoms with Crippen LogP contribution in [0.1, 0.15) is 22.8 Å². The molecule has 24 heavy (non-hydrogen) atoms. The van der Waals surface area contributed by atoms with Crippen LogP contribution < -0.4 is 9.46 Å². The lowest BCUT2D eigenvalue weighted by molar-refractivity contribution is 0.101. The average Bonchev–Trinajstić information content (AvgIpc) is 2.59. The summed E-state index contributed by atoms with van der Waals surface area (Å²) in [4.78, 5) is 11.4. The van der Waals surface area contributed by atoms with Gasteiger partial charge in [-0.15, -0.1) is 0 Å². The van der Waals surface area contributed by atoms with Crippen LogP contribution >= 0.6 is 0 Å². The molecule has 0 atom stereocenters. The zero-order chi connectivity index (χ0) is 17.6. The fourth-order valence-corrected chi connectivity index (χ4v) is 2.95. The third-order valence-electron chi connectivity index (χ3n) is 3.23. The molecule has 0 aliphatic rings. The molecule has 0 bridgehead atoms. The zero-order valence-electron chi connectivity index (χ0n) is 13.4. The third-order valence-corrected chi connectivity index (χ3v) is 4.63. The summed E-state index contributed by atoms with van der Waals surface area (Å²) in [5, 5.41) is 0. The molecule has 0 saturated carbocycles. The van der Waals surface area contributed by atoms with Crippen LogP contribution in [0.3, 0.4) is 0 Å². The number of hydrogen-bond acceptors (Lipinski definition) is 4. The SMILES string of the molecule is COc1ccccc1C#CCNS(=O)(=O)c1cccc(C(C)=O)c1. The van der Waals surface area contributed by atoms with E-state index in [4.69, 9.17) is 4.74 Å². The van der Waals surface area contributed by atoms with Crippen molar-refractivity contribution in [2.24, 2.45) is 0 Å². The van der Waals surface area contributed by atoms with Crippen LogP contribution in [-0.2, 0) is 10.0 Å². The van der Waals surface area contributed by atoms with Gasteiger partial charge in [0, 0.05) is 5.56 Å². The Morgan fingerprint density at radius 1 is 1.17 bits per heavy atom. The first-order valence-corrected chi connectivity index (χ1v) is 8.65. The first kappa shape index (κ1) is 17.7. The van der Waals surface area contributed by atoms with Crippen molar-refractivity contribution < 1.29 is 17.9 Å². The van der Waals surface area contributed by atoms with Gasteiger partial charge in [-0.05, 0) is 31.2 Å². The fourth-order valence-electron chi connectivity index (χ4n) is 1.98. The van der Waals surface area contributed by atoms with Gasteiger partial charge in [0.05, 0.1) is 24.1 Å². The second kappa shape index (κ2) is 7.77. The van der Waals surface area contributed by atoms with Gasteiger partial charge in [0.25, 0.3) is 0 Å². The van der Waals surface area contributed by atoms with E-state index in [1.54, 1.807) is 25.3 Å². The topological polar surface area (TPSA) is 72.5 Å². The van der Waals surface area contributed by atoms with Crippen molar-refractivity contribution in [3.05, 3.63) is 59.7 Å². The summed E-state index contributed by atoms with van der Waals surface area (Å²) in [6.45, 7) is 1.34. The number of nitrogens with one attached hydrogen (secondary N) is 1. The van der Waals surface area contributed by atoms with Crippen molar-refractivity contribution in [1.29, 1.82) is 0 Å². The van der Waals surface area contributed by atoms with E-state index in [-0.39, 0.29) is 17.2 Å². The Morgan fingerprint density at radius 2 is 1.92 bits per heavy atom. The fraction of sp³-hybridized carbons (Fsp3) is 0.167. The van der Waals surface area contributed by atoms with Gasteiger partial charge in [0.1, 0.15) is 5.75 Å². The monoisotopic (exact) mass is 343 g/mol. The van der Waals surface area contributed by atoms with Crippen molar-refractivity contribution in [1.82, 2.24) is 4.72 Å². The molecule has 2 aromatic rings. The highest BCUT2D eigenvalue weighted by atomic mass is 32.2. The molecule has 0 spiro atoms. The zero-order valence-corrected chi connectivity index (χ0v) is 14.2. The summed E-state index contributed by atoms with van der Waals surface area (Å²) < 4.78 is 32.0. The van der Waals surface area contributed by atoms with Gasteiger partial charge < -0.3 is 4.74 Å². The Balaban J connectivity index is 2.10. The molecular formula is C18H17NO4S. The van der Waals surface area contributed by atoms with Crippen LogP contribution in [0, 0.1) is 11.8 Å². The first-order valence-electron chi connectivity index (χ1n) is 7.16. The number of rotatable bonds is 5. The highest BCUT2D eigenvalue weighted by molar-refractivity contribution is 7.89. The molecule has 0 saturated heterocycles. The Kier molecular flexibility index (Phi) is 5.74. The molecule has 5 nitrogen and oxygen atoms in total. The second-order valence-electron chi connectivity index (χ2n) is 4.91. The van der Waals surface area contributed by atoms with Crippen LogP contribution in [0.5, 0.6) is 5.75 Å². The predicted octanol–water partition coefficient (Wildman–Crippen LogP) is 2.23. The van der Waals surface area contributed by atoms with E-state index >= 15 is 0 Å². The number of methoxy groups -OCH3 is 1. The van der Waals surface area contributed by atoms with Crippen LogP contribution in [0.2, 0.25) is 0 Å². The highest BCUT2D eigenvalue weighted by Gasteiger charge is 2.14. The highest BCUT2D eigenvalue weighted by Crippen LogP contribution is 2.15. The maximum Gasteiger partial charge on any atom is 0.241 e. The number of Topliss-reactive ketones (excluding diaryl/α,β-unsaturated/α-hetero) is 1. The van der Waals surface area contributed by atoms with Crippen molar-refractivity contribution in [3.8, 4) is 17.6 Å². The van der Waals surface area contributed by atoms with Gasteiger partial charge in [-0.1, -0.05) is 36.1 Å². The number of benzene rings is 2. The van der Waals surface area contributed by atoms with Gasteiger partial charge in [-0.2, -0.15) is 4.72 Å². The van der Waals surface area contributed by atoms with Gasteiger partial charge in [0.2, 0.25) is 10.0 Å². The van der Waals surface area contributed by atoms with E-state index in [9.17, 15) is 13.2 Å². The lowest BCUT2D eigenvalue weighted by atomic mass is 10.2. The molecule has 0 radical (unpaired) electrons. The average molecular weight is 343 g/mol. The van der Waals surface area contributed by atoms with Gasteiger partial charge >= 0.3 is 0 Å². The van der Waals surface area contributed by atoms with Crippen molar-refractivity contribution in [2.45, 2.75) is 11.8 Å². The van der Waals surface area contributed by atoms with Crippen LogP contribution in [0.4, 0.5) is 0 Å². The number of carbonyl (C=O) groups is 1. The molecule has 0 aromatic heterocycles. The van der Waals surface area contributed by atoms with Crippen LogP contribution in [0.25, 0.3) is 0 Å². The van der Waals surface area contributed by atoms with E-state index in [1.165, 1.54) is 25.1 Å². The summed E-state index contributed by atoms with van der Waals surface area (Å²) >= 11 is 0. The minimum atomic E-state index is -3.72. The molecular weight excluding hydrogens is 326 g/mol. The first-order chi connectivity index (χ1) is 11.4. The number of hydrogen-bond donors (Lipinski definition) is 1. The van der Waals surface area contributed by atoms with Crippen LogP contribution in [-0.4, -0.2) is 27.9 Å². The molecule has 0 amide bonds. The third kappa shape index (κ3) is 4.44. The summed E-state index contributed by atoms with van der Waals surface area (Å²) in [5.74, 6) is 6.05. The van der Waals surface area contributed by atoms with Crippen LogP contribution in [0.15, 0.2) is 53.4 Å². The minimum Gasteiger partial charge on any atom is -0.495 e. The number of carbonyl (C=O) groups excluding carboxylic acids is 1. The van der Waals surface area contributed by atoms with E-state index in [2.05, 4.69) is 16.6 Å². The Labute approximate surface area is 141 Å². The largest absolute Gasteiger partial charge is 0.495 e. The Hall–Kier alpha value is -2.62. The van der Waals surface area contributed by atoms with E-state index in [1.807, 2.05) is 12.1 Å². The summed E-state index contributed by atoms with van der Waals surface area (Å²) in [6, 6.07) is 13.1. The maximum atomic E-state index is 12.2. The smallest absolute Gasteiger partial charge is 0.241 e. The lowest BCUT2D eigenvalue weighted by Crippen LogP contribution is -2.24. The number of ketones is 1. The number of para-hydroxylation sites is 1. The summed E-state index contributed by atoms with van der Waals surface area (Å²) in [6.07, 6.45) is 0. The molecule has 0 aliphatic carbocycles. The predicted molar refractivity (Wildman–Crippen MR) is 91.5 cm³/mol. The molecule has 0 heterocycles. The summed E-state index contributed by atoms with van der Waals surface area (Å²) in [7, 11) is -2.18. The number of ether oxygens (including phenoxy) is 1. The Bertz CT molecular complexity index is 908. The molecule has 2 aromatic carbocycles. The summed E-state index contributed by atoms with van der Waals surface area (Å²) in [5.41, 5.74) is 1.02. The minimum absolute atomic E-state index is 0.0364. The molecule has 0 aliphatic heterocycles. The standard InChI is InChI=1S/C18H17NO4S/c1-14(20)16-8-5-10-17(13-16)24(21,22)19-12-6-9-15-7-3-4-11-18(15)23-2/h3-5,7-8,10-11,13,19H,12H2,1-2H3. The van der Waals surface area contributed by atoms with Crippen molar-refractivity contribution in [3.63, 3.8) is 0 Å². The van der Waals surface area contributed by atoms with Crippen molar-refractivity contribution in [2.75, 3.05) is 13.7 Å². The van der Waals surface area contributed by atoms with Gasteiger partial charge in [0.15, 0.2) is 5.78 Å². The molecule has 2 rings (SSSR count). The van der Waals surface area contributed by atoms with Crippen molar-refractivity contribution >= 4 is 15.8 Å². The normalized spacial score (nSPS) is 10.6. The number of sulfonamides is 1. The molecule has 0 unspecified atom stereocenters. The van der Waals surface area contributed by atoms with E-state index in [0.29, 0.717) is 16.9 Å². The second-order valence-corrected chi connectivity index (χ2v) is 6.68. The molecule has 1 N–H and O–H groups in total. The quantitative estimate of drug-likeness (QED) is 0.667.